The van der Waals surface area contributed by atoms with Crippen molar-refractivity contribution in [3.63, 3.8) is 0 Å². The van der Waals surface area contributed by atoms with Gasteiger partial charge in [0.15, 0.2) is 5.11 Å². The molecule has 0 saturated carbocycles. The minimum Gasteiger partial charge on any atom is -0.492 e. The number of rotatable bonds is 13. The Bertz CT molecular complexity index is 879. The maximum atomic E-state index is 12.6. The van der Waals surface area contributed by atoms with E-state index in [0.29, 0.717) is 43.4 Å². The molecule has 2 rings (SSSR count). The number of ether oxygens (including phenoxy) is 3. The average Bonchev–Trinajstić information content (AvgIpc) is 2.78. The molecule has 0 aliphatic rings. The fraction of sp³-hybridized carbons (Fsp3) is 0.417. The molecule has 2 N–H and O–H groups in total. The number of unbranched alkanes of at least 4 members (excludes halogenated alkanes) is 3. The quantitative estimate of drug-likeness (QED) is 0.250. The first kappa shape index (κ1) is 26.1. The lowest BCUT2D eigenvalue weighted by Crippen LogP contribution is -2.34. The number of carbonyl (C=O) groups is 1. The van der Waals surface area contributed by atoms with Crippen molar-refractivity contribution in [2.75, 3.05) is 31.7 Å². The van der Waals surface area contributed by atoms with Gasteiger partial charge < -0.3 is 19.5 Å². The highest BCUT2D eigenvalue weighted by Crippen LogP contribution is 2.27. The van der Waals surface area contributed by atoms with E-state index >= 15 is 0 Å². The molecule has 0 spiro atoms. The summed E-state index contributed by atoms with van der Waals surface area (Å²) in [5, 5.41) is 5.90. The van der Waals surface area contributed by atoms with Crippen LogP contribution in [0.5, 0.6) is 11.5 Å². The van der Waals surface area contributed by atoms with Crippen molar-refractivity contribution in [1.29, 1.82) is 0 Å². The number of amides is 1. The second-order valence-electron chi connectivity index (χ2n) is 7.00. The standard InChI is InChI=1S/C24H31BrN2O4S/c1-3-5-6-9-14-30-21-13-12-18(17-19(21)25)23(28)27-24(32)26-20-10-7-8-11-22(20)31-16-15-29-4-2/h7-8,10-13,17H,3-6,9,14-16H2,1-2H3,(H2,26,27,28,32). The van der Waals surface area contributed by atoms with Crippen LogP contribution in [0.25, 0.3) is 0 Å². The smallest absolute Gasteiger partial charge is 0.257 e. The molecule has 0 heterocycles. The van der Waals surface area contributed by atoms with Gasteiger partial charge >= 0.3 is 0 Å². The van der Waals surface area contributed by atoms with Gasteiger partial charge in [0.05, 0.1) is 23.4 Å². The minimum atomic E-state index is -0.313. The number of carbonyl (C=O) groups excluding carboxylic acids is 1. The highest BCUT2D eigenvalue weighted by atomic mass is 79.9. The van der Waals surface area contributed by atoms with E-state index in [1.165, 1.54) is 12.8 Å². The van der Waals surface area contributed by atoms with Gasteiger partial charge in [-0.1, -0.05) is 38.3 Å². The van der Waals surface area contributed by atoms with Crippen molar-refractivity contribution < 1.29 is 19.0 Å². The number of halogens is 1. The van der Waals surface area contributed by atoms with Gasteiger partial charge in [0.25, 0.3) is 5.91 Å². The predicted molar refractivity (Wildman–Crippen MR) is 136 cm³/mol. The molecule has 0 aliphatic carbocycles. The maximum absolute atomic E-state index is 12.6. The van der Waals surface area contributed by atoms with Gasteiger partial charge in [-0.25, -0.2) is 0 Å². The number of nitrogens with one attached hydrogen (secondary N) is 2. The van der Waals surface area contributed by atoms with Crippen molar-refractivity contribution >= 4 is 44.9 Å². The second kappa shape index (κ2) is 14.8. The molecule has 0 bridgehead atoms. The Hall–Kier alpha value is -2.16. The third-order valence-corrected chi connectivity index (χ3v) is 5.33. The Labute approximate surface area is 204 Å². The molecule has 6 nitrogen and oxygen atoms in total. The van der Waals surface area contributed by atoms with Crippen LogP contribution in [-0.2, 0) is 4.74 Å². The lowest BCUT2D eigenvalue weighted by atomic mass is 10.2. The molecule has 0 saturated heterocycles. The lowest BCUT2D eigenvalue weighted by Gasteiger charge is -2.14. The van der Waals surface area contributed by atoms with E-state index in [1.807, 2.05) is 31.2 Å². The van der Waals surface area contributed by atoms with Crippen LogP contribution in [-0.4, -0.2) is 37.4 Å². The van der Waals surface area contributed by atoms with Gasteiger partial charge in [0.1, 0.15) is 18.1 Å². The molecule has 8 heteroatoms. The number of hydrogen-bond acceptors (Lipinski definition) is 5. The topological polar surface area (TPSA) is 68.8 Å². The van der Waals surface area contributed by atoms with E-state index in [1.54, 1.807) is 18.2 Å². The van der Waals surface area contributed by atoms with Crippen molar-refractivity contribution in [3.8, 4) is 11.5 Å². The Kier molecular flexibility index (Phi) is 12.1. The molecular formula is C24H31BrN2O4S. The van der Waals surface area contributed by atoms with Gasteiger partial charge in [0, 0.05) is 12.2 Å². The van der Waals surface area contributed by atoms with Crippen LogP contribution in [0.4, 0.5) is 5.69 Å². The van der Waals surface area contributed by atoms with Gasteiger partial charge in [-0.05, 0) is 71.8 Å². The summed E-state index contributed by atoms with van der Waals surface area (Å²) in [4.78, 5) is 12.6. The number of anilines is 1. The number of para-hydroxylation sites is 2. The third-order valence-electron chi connectivity index (χ3n) is 4.50. The molecule has 0 fully saturated rings. The van der Waals surface area contributed by atoms with E-state index in [9.17, 15) is 4.79 Å². The van der Waals surface area contributed by atoms with Gasteiger partial charge in [-0.15, -0.1) is 0 Å². The Morgan fingerprint density at radius 2 is 1.75 bits per heavy atom. The van der Waals surface area contributed by atoms with Crippen molar-refractivity contribution in [3.05, 3.63) is 52.5 Å². The van der Waals surface area contributed by atoms with E-state index in [4.69, 9.17) is 26.4 Å². The molecule has 0 atom stereocenters. The van der Waals surface area contributed by atoms with Crippen LogP contribution in [0.2, 0.25) is 0 Å². The summed E-state index contributed by atoms with van der Waals surface area (Å²) in [6.45, 7) is 6.33. The fourth-order valence-corrected chi connectivity index (χ4v) is 3.55. The average molecular weight is 523 g/mol. The predicted octanol–water partition coefficient (Wildman–Crippen LogP) is 5.95. The molecule has 0 aromatic heterocycles. The van der Waals surface area contributed by atoms with E-state index in [2.05, 4.69) is 33.5 Å². The molecule has 1 amide bonds. The largest absolute Gasteiger partial charge is 0.492 e. The Balaban J connectivity index is 1.88. The van der Waals surface area contributed by atoms with Crippen LogP contribution in [0.1, 0.15) is 49.9 Å². The molecular weight excluding hydrogens is 492 g/mol. The maximum Gasteiger partial charge on any atom is 0.257 e. The monoisotopic (exact) mass is 522 g/mol. The zero-order valence-electron chi connectivity index (χ0n) is 18.6. The third kappa shape index (κ3) is 9.14. The molecule has 0 aliphatic heterocycles. The van der Waals surface area contributed by atoms with Gasteiger partial charge in [-0.3, -0.25) is 10.1 Å². The Morgan fingerprint density at radius 3 is 2.50 bits per heavy atom. The summed E-state index contributed by atoms with van der Waals surface area (Å²) < 4.78 is 17.6. The SMILES string of the molecule is CCCCCCOc1ccc(C(=O)NC(=S)Nc2ccccc2OCCOCC)cc1Br. The second-order valence-corrected chi connectivity index (χ2v) is 8.27. The lowest BCUT2D eigenvalue weighted by molar-refractivity contribution is 0.0977. The summed E-state index contributed by atoms with van der Waals surface area (Å²) in [7, 11) is 0. The number of thiocarbonyl (C=S) groups is 1. The molecule has 0 unspecified atom stereocenters. The number of hydrogen-bond donors (Lipinski definition) is 2. The molecule has 2 aromatic rings. The summed E-state index contributed by atoms with van der Waals surface area (Å²) in [6.07, 6.45) is 4.57. The van der Waals surface area contributed by atoms with Crippen LogP contribution < -0.4 is 20.1 Å². The molecule has 2 aromatic carbocycles. The van der Waals surface area contributed by atoms with Crippen LogP contribution in [0, 0.1) is 0 Å². The van der Waals surface area contributed by atoms with Crippen molar-refractivity contribution in [2.45, 2.75) is 39.5 Å². The molecule has 32 heavy (non-hydrogen) atoms. The summed E-state index contributed by atoms with van der Waals surface area (Å²) in [5.41, 5.74) is 1.14. The zero-order valence-corrected chi connectivity index (χ0v) is 21.0. The Morgan fingerprint density at radius 1 is 0.969 bits per heavy atom. The van der Waals surface area contributed by atoms with Crippen LogP contribution in [0.15, 0.2) is 46.9 Å². The van der Waals surface area contributed by atoms with Gasteiger partial charge in [-0.2, -0.15) is 0 Å². The van der Waals surface area contributed by atoms with E-state index in [-0.39, 0.29) is 11.0 Å². The van der Waals surface area contributed by atoms with Crippen LogP contribution >= 0.6 is 28.1 Å². The van der Waals surface area contributed by atoms with Crippen LogP contribution in [0.3, 0.4) is 0 Å². The van der Waals surface area contributed by atoms with Crippen molar-refractivity contribution in [2.24, 2.45) is 0 Å². The first-order valence-corrected chi connectivity index (χ1v) is 12.1. The zero-order chi connectivity index (χ0) is 23.2. The van der Waals surface area contributed by atoms with Crippen molar-refractivity contribution in [1.82, 2.24) is 5.32 Å². The minimum absolute atomic E-state index is 0.184. The normalized spacial score (nSPS) is 10.5. The first-order chi connectivity index (χ1) is 15.5. The molecule has 174 valence electrons. The van der Waals surface area contributed by atoms with E-state index < -0.39 is 0 Å². The summed E-state index contributed by atoms with van der Waals surface area (Å²) in [6, 6.07) is 12.6. The summed E-state index contributed by atoms with van der Waals surface area (Å²) >= 11 is 8.80. The first-order valence-electron chi connectivity index (χ1n) is 10.9. The fourth-order valence-electron chi connectivity index (χ4n) is 2.85. The molecule has 0 radical (unpaired) electrons. The highest BCUT2D eigenvalue weighted by molar-refractivity contribution is 9.10. The van der Waals surface area contributed by atoms with Gasteiger partial charge in [0.2, 0.25) is 0 Å². The number of benzene rings is 2. The van der Waals surface area contributed by atoms with E-state index in [0.717, 1.165) is 23.1 Å². The highest BCUT2D eigenvalue weighted by Gasteiger charge is 2.12. The summed E-state index contributed by atoms with van der Waals surface area (Å²) in [5.74, 6) is 1.04.